The number of rotatable bonds is 10. The van der Waals surface area contributed by atoms with E-state index in [1.54, 1.807) is 0 Å². The fraction of sp³-hybridized carbons (Fsp3) is 0.667. The molecule has 0 saturated carbocycles. The molecule has 0 heterocycles. The van der Waals surface area contributed by atoms with Gasteiger partial charge in [0.1, 0.15) is 0 Å². The Balaban J connectivity index is 2.96. The fourth-order valence-corrected chi connectivity index (χ4v) is 3.19. The van der Waals surface area contributed by atoms with E-state index in [1.165, 1.54) is 44.1 Å². The van der Waals surface area contributed by atoms with Crippen molar-refractivity contribution in [2.75, 3.05) is 0 Å². The van der Waals surface area contributed by atoms with Gasteiger partial charge in [-0.2, -0.15) is 0 Å². The molecule has 1 aromatic carbocycles. The summed E-state index contributed by atoms with van der Waals surface area (Å²) < 4.78 is 0. The Bertz CT molecular complexity index is 489. The van der Waals surface area contributed by atoms with E-state index in [-0.39, 0.29) is 11.8 Å². The summed E-state index contributed by atoms with van der Waals surface area (Å²) in [6, 6.07) is 4.18. The lowest BCUT2D eigenvalue weighted by atomic mass is 9.85. The van der Waals surface area contributed by atoms with Gasteiger partial charge in [-0.15, -0.1) is 0 Å². The Hall–Kier alpha value is -1.35. The van der Waals surface area contributed by atoms with Gasteiger partial charge in [-0.1, -0.05) is 78.9 Å². The van der Waals surface area contributed by atoms with E-state index in [0.29, 0.717) is 5.56 Å². The van der Waals surface area contributed by atoms with Gasteiger partial charge < -0.3 is 10.1 Å². The lowest BCUT2D eigenvalue weighted by Gasteiger charge is -2.21. The molecule has 0 unspecified atom stereocenters. The summed E-state index contributed by atoms with van der Waals surface area (Å²) in [5.74, 6) is -0.393. The van der Waals surface area contributed by atoms with Crippen molar-refractivity contribution in [2.45, 2.75) is 91.4 Å². The Morgan fingerprint density at radius 1 is 0.958 bits per heavy atom. The molecule has 0 aliphatic rings. The van der Waals surface area contributed by atoms with Gasteiger partial charge in [0, 0.05) is 0 Å². The van der Waals surface area contributed by atoms with Crippen LogP contribution in [0.4, 0.5) is 0 Å². The second kappa shape index (κ2) is 10.5. The summed E-state index contributed by atoms with van der Waals surface area (Å²) in [5, 5.41) is 10.7. The van der Waals surface area contributed by atoms with Crippen molar-refractivity contribution in [3.05, 3.63) is 34.4 Å². The van der Waals surface area contributed by atoms with E-state index in [2.05, 4.69) is 51.6 Å². The largest absolute Gasteiger partial charge is 0.661 e. The van der Waals surface area contributed by atoms with Crippen LogP contribution in [-0.2, 0) is 11.3 Å². The summed E-state index contributed by atoms with van der Waals surface area (Å²) in [5.41, 5.74) is 3.60. The summed E-state index contributed by atoms with van der Waals surface area (Å²) in [7, 11) is 0. The molecule has 3 nitrogen and oxygen atoms in total. The molecule has 1 rings (SSSR count). The number of aryl methyl sites for hydroxylation is 1. The van der Waals surface area contributed by atoms with Gasteiger partial charge in [0.2, 0.25) is 0 Å². The standard InChI is InChI=1S/C21H34O3/c1-6-7-8-9-10-11-12-17-13-18(15(2)3)20(21(22)24-23)19(14-17)16(4)5/h13-16,23H,6-12H2,1-5H3/p-1. The van der Waals surface area contributed by atoms with Crippen LogP contribution < -0.4 is 5.26 Å². The third-order valence-corrected chi connectivity index (χ3v) is 4.60. The van der Waals surface area contributed by atoms with Crippen LogP contribution in [0.5, 0.6) is 0 Å². The molecule has 0 amide bonds. The molecule has 0 aromatic heterocycles. The monoisotopic (exact) mass is 333 g/mol. The number of carbonyl (C=O) groups is 1. The summed E-state index contributed by atoms with van der Waals surface area (Å²) in [6.07, 6.45) is 8.65. The Labute approximate surface area is 147 Å². The fourth-order valence-electron chi connectivity index (χ4n) is 3.19. The molecule has 1 aromatic rings. The molecule has 0 saturated heterocycles. The molecule has 0 radical (unpaired) electrons. The zero-order valence-corrected chi connectivity index (χ0v) is 16.0. The Morgan fingerprint density at radius 2 is 1.46 bits per heavy atom. The van der Waals surface area contributed by atoms with Crippen molar-refractivity contribution in [3.8, 4) is 0 Å². The lowest BCUT2D eigenvalue weighted by Crippen LogP contribution is -2.19. The van der Waals surface area contributed by atoms with E-state index < -0.39 is 5.97 Å². The van der Waals surface area contributed by atoms with Crippen molar-refractivity contribution in [2.24, 2.45) is 0 Å². The van der Waals surface area contributed by atoms with E-state index >= 15 is 0 Å². The van der Waals surface area contributed by atoms with Crippen molar-refractivity contribution in [1.82, 2.24) is 0 Å². The first-order chi connectivity index (χ1) is 11.4. The molecule has 0 fully saturated rings. The molecule has 24 heavy (non-hydrogen) atoms. The summed E-state index contributed by atoms with van der Waals surface area (Å²) >= 11 is 0. The average molecular weight is 333 g/mol. The Kier molecular flexibility index (Phi) is 9.05. The number of unbranched alkanes of at least 4 members (excludes halogenated alkanes) is 5. The minimum atomic E-state index is -0.756. The van der Waals surface area contributed by atoms with Crippen molar-refractivity contribution >= 4 is 5.97 Å². The van der Waals surface area contributed by atoms with Gasteiger partial charge in [0.25, 0.3) is 0 Å². The molecular weight excluding hydrogens is 300 g/mol. The number of hydrogen-bond acceptors (Lipinski definition) is 3. The quantitative estimate of drug-likeness (QED) is 0.333. The second-order valence-electron chi connectivity index (χ2n) is 7.35. The van der Waals surface area contributed by atoms with Gasteiger partial charge in [-0.25, -0.2) is 4.79 Å². The lowest BCUT2D eigenvalue weighted by molar-refractivity contribution is -0.653. The Morgan fingerprint density at radius 3 is 1.92 bits per heavy atom. The van der Waals surface area contributed by atoms with E-state index in [4.69, 9.17) is 0 Å². The second-order valence-corrected chi connectivity index (χ2v) is 7.35. The number of hydrogen-bond donors (Lipinski definition) is 0. The maximum absolute atomic E-state index is 12.0. The topological polar surface area (TPSA) is 49.4 Å². The summed E-state index contributed by atoms with van der Waals surface area (Å²) in [6.45, 7) is 10.4. The normalized spacial score (nSPS) is 11.3. The van der Waals surface area contributed by atoms with Crippen LogP contribution in [0.1, 0.15) is 112 Å². The first-order valence-corrected chi connectivity index (χ1v) is 9.43. The highest BCUT2D eigenvalue weighted by Gasteiger charge is 2.21. The molecule has 0 aliphatic heterocycles. The van der Waals surface area contributed by atoms with Crippen molar-refractivity contribution in [3.63, 3.8) is 0 Å². The first kappa shape index (κ1) is 20.7. The zero-order chi connectivity index (χ0) is 18.1. The highest BCUT2D eigenvalue weighted by atomic mass is 17.1. The van der Waals surface area contributed by atoms with Crippen LogP contribution >= 0.6 is 0 Å². The predicted octanol–water partition coefficient (Wildman–Crippen LogP) is 5.27. The van der Waals surface area contributed by atoms with Crippen LogP contribution in [0, 0.1) is 0 Å². The highest BCUT2D eigenvalue weighted by Crippen LogP contribution is 2.30. The third kappa shape index (κ3) is 5.94. The van der Waals surface area contributed by atoms with Crippen LogP contribution in [0.15, 0.2) is 12.1 Å². The van der Waals surface area contributed by atoms with Crippen LogP contribution in [-0.4, -0.2) is 5.97 Å². The molecule has 0 spiro atoms. The van der Waals surface area contributed by atoms with Crippen molar-refractivity contribution in [1.29, 1.82) is 0 Å². The van der Waals surface area contributed by atoms with Gasteiger partial charge >= 0.3 is 5.97 Å². The van der Waals surface area contributed by atoms with Gasteiger partial charge in [-0.3, -0.25) is 0 Å². The van der Waals surface area contributed by atoms with Crippen LogP contribution in [0.25, 0.3) is 0 Å². The third-order valence-electron chi connectivity index (χ3n) is 4.60. The zero-order valence-electron chi connectivity index (χ0n) is 16.0. The number of carbonyl (C=O) groups excluding carboxylic acids is 1. The molecular formula is C21H33O3-. The molecule has 0 atom stereocenters. The van der Waals surface area contributed by atoms with Crippen LogP contribution in [0.2, 0.25) is 0 Å². The summed E-state index contributed by atoms with van der Waals surface area (Å²) in [4.78, 5) is 15.8. The van der Waals surface area contributed by atoms with E-state index in [9.17, 15) is 10.1 Å². The maximum Gasteiger partial charge on any atom is 0.332 e. The molecule has 0 N–H and O–H groups in total. The SMILES string of the molecule is CCCCCCCCc1cc(C(C)C)c(C(=O)O[O-])c(C(C)C)c1. The van der Waals surface area contributed by atoms with E-state index in [0.717, 1.165) is 17.5 Å². The molecule has 3 heteroatoms. The average Bonchev–Trinajstić information content (AvgIpc) is 2.56. The van der Waals surface area contributed by atoms with Crippen LogP contribution in [0.3, 0.4) is 0 Å². The predicted molar refractivity (Wildman–Crippen MR) is 97.1 cm³/mol. The smallest absolute Gasteiger partial charge is 0.332 e. The highest BCUT2D eigenvalue weighted by molar-refractivity contribution is 5.93. The molecule has 0 aliphatic carbocycles. The first-order valence-electron chi connectivity index (χ1n) is 9.43. The number of benzene rings is 1. The van der Waals surface area contributed by atoms with Gasteiger partial charge in [-0.05, 0) is 41.4 Å². The van der Waals surface area contributed by atoms with Crippen molar-refractivity contribution < 1.29 is 14.9 Å². The maximum atomic E-state index is 12.0. The minimum Gasteiger partial charge on any atom is -0.661 e. The molecule has 136 valence electrons. The van der Waals surface area contributed by atoms with Gasteiger partial charge in [0.15, 0.2) is 0 Å². The minimum absolute atomic E-state index is 0.182. The molecule has 0 bridgehead atoms. The van der Waals surface area contributed by atoms with E-state index in [1.807, 2.05) is 0 Å². The van der Waals surface area contributed by atoms with Gasteiger partial charge in [0.05, 0.1) is 5.56 Å².